The van der Waals surface area contributed by atoms with Crippen LogP contribution < -0.4 is 10.6 Å². The molecule has 7 heteroatoms. The van der Waals surface area contributed by atoms with E-state index in [1.807, 2.05) is 31.4 Å². The van der Waals surface area contributed by atoms with Gasteiger partial charge < -0.3 is 19.8 Å². The van der Waals surface area contributed by atoms with E-state index in [-0.39, 0.29) is 6.04 Å². The lowest BCUT2D eigenvalue weighted by molar-refractivity contribution is 0.112. The lowest BCUT2D eigenvalue weighted by Gasteiger charge is -2.33. The molecule has 1 aromatic carbocycles. The molecule has 0 bridgehead atoms. The number of fused-ring (bicyclic) bond motifs is 2. The Balaban J connectivity index is 1.75. The average molecular weight is 403 g/mol. The van der Waals surface area contributed by atoms with E-state index in [0.29, 0.717) is 5.56 Å². The van der Waals surface area contributed by atoms with Crippen LogP contribution >= 0.6 is 0 Å². The highest BCUT2D eigenvalue weighted by molar-refractivity contribution is 6.01. The van der Waals surface area contributed by atoms with Crippen molar-refractivity contribution >= 4 is 34.0 Å². The van der Waals surface area contributed by atoms with E-state index < -0.39 is 0 Å². The van der Waals surface area contributed by atoms with Crippen molar-refractivity contribution in [2.24, 2.45) is 12.8 Å². The summed E-state index contributed by atoms with van der Waals surface area (Å²) in [6.07, 6.45) is 4.78. The first kappa shape index (κ1) is 18.8. The van der Waals surface area contributed by atoms with Crippen molar-refractivity contribution in [3.8, 4) is 11.5 Å². The molecule has 1 fully saturated rings. The molecular weight excluding hydrogens is 376 g/mol. The van der Waals surface area contributed by atoms with Gasteiger partial charge in [0, 0.05) is 49.9 Å². The van der Waals surface area contributed by atoms with Gasteiger partial charge >= 0.3 is 0 Å². The fourth-order valence-electron chi connectivity index (χ4n) is 4.72. The highest BCUT2D eigenvalue weighted by Gasteiger charge is 2.25. The smallest absolute Gasteiger partial charge is 0.157 e. The molecule has 0 unspecified atom stereocenters. The minimum Gasteiger partial charge on any atom is -0.368 e. The third-order valence-corrected chi connectivity index (χ3v) is 6.16. The van der Waals surface area contributed by atoms with Gasteiger partial charge in [0.2, 0.25) is 0 Å². The van der Waals surface area contributed by atoms with Gasteiger partial charge in [-0.1, -0.05) is 0 Å². The average Bonchev–Trinajstić information content (AvgIpc) is 3.30. The minimum absolute atomic E-state index is 0.116. The lowest BCUT2D eigenvalue weighted by atomic mass is 10.0. The van der Waals surface area contributed by atoms with E-state index in [2.05, 4.69) is 38.1 Å². The van der Waals surface area contributed by atoms with Crippen molar-refractivity contribution in [1.29, 1.82) is 0 Å². The standard InChI is InChI=1S/C23H26N6O/c1-3-29-19(12-15-6-4-10-25-22(15)29)23-26-20-18(27(23)2)9-8-16(14-30)21(20)28-11-5-7-17(24)13-28/h4,6,8-10,12,14,17H,3,5,7,11,13,24H2,1-2H3/t17-/m1/s1. The van der Waals surface area contributed by atoms with Crippen LogP contribution in [0.4, 0.5) is 5.69 Å². The zero-order valence-corrected chi connectivity index (χ0v) is 17.4. The molecule has 1 atom stereocenters. The van der Waals surface area contributed by atoms with Gasteiger partial charge in [0.05, 0.1) is 16.9 Å². The molecule has 1 saturated heterocycles. The first-order valence-corrected chi connectivity index (χ1v) is 10.5. The molecule has 154 valence electrons. The van der Waals surface area contributed by atoms with E-state index >= 15 is 0 Å². The van der Waals surface area contributed by atoms with Crippen molar-refractivity contribution < 1.29 is 4.79 Å². The van der Waals surface area contributed by atoms with Gasteiger partial charge in [0.15, 0.2) is 12.1 Å². The molecule has 0 spiro atoms. The first-order chi connectivity index (χ1) is 14.6. The number of nitrogens with zero attached hydrogens (tertiary/aromatic N) is 5. The predicted octanol–water partition coefficient (Wildman–Crippen LogP) is 3.35. The number of hydrogen-bond acceptors (Lipinski definition) is 5. The van der Waals surface area contributed by atoms with Crippen molar-refractivity contribution in [2.45, 2.75) is 32.4 Å². The molecule has 30 heavy (non-hydrogen) atoms. The number of benzene rings is 1. The number of anilines is 1. The van der Waals surface area contributed by atoms with Crippen LogP contribution in [0.5, 0.6) is 0 Å². The lowest BCUT2D eigenvalue weighted by Crippen LogP contribution is -2.43. The van der Waals surface area contributed by atoms with Gasteiger partial charge in [-0.2, -0.15) is 0 Å². The zero-order valence-electron chi connectivity index (χ0n) is 17.4. The number of carbonyl (C=O) groups excluding carboxylic acids is 1. The van der Waals surface area contributed by atoms with Crippen LogP contribution in [0, 0.1) is 0 Å². The molecule has 3 aromatic heterocycles. The zero-order chi connectivity index (χ0) is 20.8. The molecule has 0 radical (unpaired) electrons. The van der Waals surface area contributed by atoms with Crippen molar-refractivity contribution in [3.05, 3.63) is 42.1 Å². The molecule has 2 N–H and O–H groups in total. The Kier molecular flexibility index (Phi) is 4.55. The fraction of sp³-hybridized carbons (Fsp3) is 0.348. The number of piperidine rings is 1. The number of rotatable bonds is 4. The number of nitrogens with two attached hydrogens (primary N) is 1. The maximum Gasteiger partial charge on any atom is 0.157 e. The summed E-state index contributed by atoms with van der Waals surface area (Å²) in [7, 11) is 2.03. The Morgan fingerprint density at radius 1 is 1.30 bits per heavy atom. The molecule has 4 heterocycles. The molecule has 1 aliphatic heterocycles. The Hall–Kier alpha value is -3.19. The van der Waals surface area contributed by atoms with Crippen LogP contribution in [0.2, 0.25) is 0 Å². The summed E-state index contributed by atoms with van der Waals surface area (Å²) < 4.78 is 4.30. The quantitative estimate of drug-likeness (QED) is 0.530. The summed E-state index contributed by atoms with van der Waals surface area (Å²) in [5, 5.41) is 1.09. The molecule has 0 saturated carbocycles. The van der Waals surface area contributed by atoms with Crippen LogP contribution in [0.25, 0.3) is 33.6 Å². The Labute approximate surface area is 175 Å². The largest absolute Gasteiger partial charge is 0.368 e. The van der Waals surface area contributed by atoms with Crippen LogP contribution in [0.1, 0.15) is 30.1 Å². The van der Waals surface area contributed by atoms with E-state index in [4.69, 9.17) is 10.7 Å². The van der Waals surface area contributed by atoms with Gasteiger partial charge in [-0.25, -0.2) is 9.97 Å². The Morgan fingerprint density at radius 3 is 2.93 bits per heavy atom. The number of aryl methyl sites for hydroxylation is 2. The Bertz CT molecular complexity index is 1250. The summed E-state index contributed by atoms with van der Waals surface area (Å²) in [4.78, 5) is 23.7. The van der Waals surface area contributed by atoms with Gasteiger partial charge in [-0.05, 0) is 50.1 Å². The SMILES string of the molecule is CCn1c(-c2nc3c(N4CCC[C@@H](N)C4)c(C=O)ccc3n2C)cc2cccnc21. The maximum atomic E-state index is 11.9. The molecule has 0 amide bonds. The van der Waals surface area contributed by atoms with Crippen molar-refractivity contribution in [1.82, 2.24) is 19.1 Å². The highest BCUT2D eigenvalue weighted by Crippen LogP contribution is 2.35. The van der Waals surface area contributed by atoms with E-state index in [1.54, 1.807) is 0 Å². The third-order valence-electron chi connectivity index (χ3n) is 6.16. The van der Waals surface area contributed by atoms with Gasteiger partial charge in [-0.15, -0.1) is 0 Å². The van der Waals surface area contributed by atoms with Crippen molar-refractivity contribution in [3.63, 3.8) is 0 Å². The number of hydrogen-bond donors (Lipinski definition) is 1. The van der Waals surface area contributed by atoms with Crippen LogP contribution in [-0.4, -0.2) is 44.5 Å². The molecule has 7 nitrogen and oxygen atoms in total. The second kappa shape index (κ2) is 7.25. The molecular formula is C23H26N6O. The number of aldehydes is 1. The summed E-state index contributed by atoms with van der Waals surface area (Å²) in [5.74, 6) is 0.871. The summed E-state index contributed by atoms with van der Waals surface area (Å²) in [6, 6.07) is 10.2. The van der Waals surface area contributed by atoms with E-state index in [1.165, 1.54) is 0 Å². The monoisotopic (exact) mass is 402 g/mol. The van der Waals surface area contributed by atoms with Crippen LogP contribution in [-0.2, 0) is 13.6 Å². The normalized spacial score (nSPS) is 17.2. The highest BCUT2D eigenvalue weighted by atomic mass is 16.1. The number of pyridine rings is 1. The fourth-order valence-corrected chi connectivity index (χ4v) is 4.72. The molecule has 0 aliphatic carbocycles. The molecule has 4 aromatic rings. The van der Waals surface area contributed by atoms with Gasteiger partial charge in [0.1, 0.15) is 11.2 Å². The second-order valence-electron chi connectivity index (χ2n) is 8.02. The number of aromatic nitrogens is 4. The topological polar surface area (TPSA) is 82.0 Å². The van der Waals surface area contributed by atoms with E-state index in [0.717, 1.165) is 78.0 Å². The van der Waals surface area contributed by atoms with Gasteiger partial charge in [0.25, 0.3) is 0 Å². The summed E-state index contributed by atoms with van der Waals surface area (Å²) in [6.45, 7) is 4.54. The van der Waals surface area contributed by atoms with Crippen LogP contribution in [0.15, 0.2) is 36.5 Å². The van der Waals surface area contributed by atoms with Crippen molar-refractivity contribution in [2.75, 3.05) is 18.0 Å². The predicted molar refractivity (Wildman–Crippen MR) is 120 cm³/mol. The Morgan fingerprint density at radius 2 is 2.17 bits per heavy atom. The third kappa shape index (κ3) is 2.81. The van der Waals surface area contributed by atoms with Gasteiger partial charge in [-0.3, -0.25) is 4.79 Å². The van der Waals surface area contributed by atoms with E-state index in [9.17, 15) is 4.79 Å². The second-order valence-corrected chi connectivity index (χ2v) is 8.02. The molecule has 1 aliphatic rings. The maximum absolute atomic E-state index is 11.9. The summed E-state index contributed by atoms with van der Waals surface area (Å²) in [5.41, 5.74) is 11.6. The molecule has 5 rings (SSSR count). The number of carbonyl (C=O) groups is 1. The minimum atomic E-state index is 0.116. The first-order valence-electron chi connectivity index (χ1n) is 10.5. The summed E-state index contributed by atoms with van der Waals surface area (Å²) >= 11 is 0. The number of imidazole rings is 1. The van der Waals surface area contributed by atoms with Crippen LogP contribution in [0.3, 0.4) is 0 Å².